The molecule has 1 aromatic carbocycles. The van der Waals surface area contributed by atoms with Gasteiger partial charge in [0.1, 0.15) is 0 Å². The van der Waals surface area contributed by atoms with Crippen molar-refractivity contribution in [2.75, 3.05) is 28.1 Å². The molecule has 16 heavy (non-hydrogen) atoms. The third-order valence-corrected chi connectivity index (χ3v) is 1.98. The molecule has 0 N–H and O–H groups in total. The Morgan fingerprint density at radius 1 is 1.12 bits per heavy atom. The molecule has 0 spiro atoms. The summed E-state index contributed by atoms with van der Waals surface area (Å²) in [5.74, 6) is 1.20. The Labute approximate surface area is 93.9 Å². The number of carbonyl (C=O) groups is 1. The van der Waals surface area contributed by atoms with Gasteiger partial charge in [0, 0.05) is 7.11 Å². The zero-order valence-corrected chi connectivity index (χ0v) is 9.48. The summed E-state index contributed by atoms with van der Waals surface area (Å²) >= 11 is 0. The molecule has 5 nitrogen and oxygen atoms in total. The van der Waals surface area contributed by atoms with E-state index in [0.29, 0.717) is 29.1 Å². The Kier molecular flexibility index (Phi) is 4.60. The summed E-state index contributed by atoms with van der Waals surface area (Å²) in [6, 6.07) is 3.24. The molecule has 0 aliphatic heterocycles. The van der Waals surface area contributed by atoms with Crippen molar-refractivity contribution in [2.24, 2.45) is 0 Å². The van der Waals surface area contributed by atoms with Crippen LogP contribution in [0.5, 0.6) is 17.2 Å². The summed E-state index contributed by atoms with van der Waals surface area (Å²) in [6.07, 6.45) is 0.687. The quantitative estimate of drug-likeness (QED) is 0.543. The van der Waals surface area contributed by atoms with E-state index in [-0.39, 0.29) is 6.79 Å². The number of benzene rings is 1. The highest BCUT2D eigenvalue weighted by Crippen LogP contribution is 2.39. The van der Waals surface area contributed by atoms with E-state index in [9.17, 15) is 4.79 Å². The standard InChI is InChI=1S/C11H14O5/c1-13-7-16-10-8(6-12)4-5-9(14-2)11(10)15-3/h4-6H,7H2,1-3H3. The van der Waals surface area contributed by atoms with Gasteiger partial charge in [-0.2, -0.15) is 0 Å². The molecule has 0 amide bonds. The molecular formula is C11H14O5. The maximum absolute atomic E-state index is 10.8. The van der Waals surface area contributed by atoms with E-state index in [1.807, 2.05) is 0 Å². The van der Waals surface area contributed by atoms with Gasteiger partial charge in [-0.05, 0) is 12.1 Å². The van der Waals surface area contributed by atoms with Crippen molar-refractivity contribution in [3.05, 3.63) is 17.7 Å². The van der Waals surface area contributed by atoms with Crippen LogP contribution >= 0.6 is 0 Å². The van der Waals surface area contributed by atoms with Crippen LogP contribution in [0.15, 0.2) is 12.1 Å². The van der Waals surface area contributed by atoms with Crippen LogP contribution in [0, 0.1) is 0 Å². The van der Waals surface area contributed by atoms with Crippen LogP contribution in [0.4, 0.5) is 0 Å². The second-order valence-electron chi connectivity index (χ2n) is 2.89. The van der Waals surface area contributed by atoms with Crippen molar-refractivity contribution in [1.82, 2.24) is 0 Å². The molecule has 0 bridgehead atoms. The van der Waals surface area contributed by atoms with Gasteiger partial charge in [0.15, 0.2) is 24.6 Å². The molecule has 0 heterocycles. The summed E-state index contributed by atoms with van der Waals surface area (Å²) in [5, 5.41) is 0. The lowest BCUT2D eigenvalue weighted by molar-refractivity contribution is 0.0483. The Morgan fingerprint density at radius 3 is 2.38 bits per heavy atom. The summed E-state index contributed by atoms with van der Waals surface area (Å²) in [5.41, 5.74) is 0.384. The van der Waals surface area contributed by atoms with E-state index in [1.165, 1.54) is 21.3 Å². The van der Waals surface area contributed by atoms with Crippen molar-refractivity contribution < 1.29 is 23.7 Å². The summed E-state index contributed by atoms with van der Waals surface area (Å²) in [6.45, 7) is 0.0321. The van der Waals surface area contributed by atoms with Crippen LogP contribution in [0.25, 0.3) is 0 Å². The van der Waals surface area contributed by atoms with Crippen LogP contribution in [-0.2, 0) is 4.74 Å². The molecule has 0 atom stereocenters. The van der Waals surface area contributed by atoms with E-state index in [0.717, 1.165) is 0 Å². The Hall–Kier alpha value is -1.75. The smallest absolute Gasteiger partial charge is 0.204 e. The molecular weight excluding hydrogens is 212 g/mol. The summed E-state index contributed by atoms with van der Waals surface area (Å²) in [4.78, 5) is 10.8. The van der Waals surface area contributed by atoms with Crippen molar-refractivity contribution in [3.63, 3.8) is 0 Å². The fourth-order valence-electron chi connectivity index (χ4n) is 1.27. The van der Waals surface area contributed by atoms with Crippen LogP contribution in [-0.4, -0.2) is 34.4 Å². The third-order valence-electron chi connectivity index (χ3n) is 1.98. The molecule has 0 saturated carbocycles. The van der Waals surface area contributed by atoms with Gasteiger partial charge >= 0.3 is 0 Å². The van der Waals surface area contributed by atoms with E-state index >= 15 is 0 Å². The van der Waals surface area contributed by atoms with Gasteiger partial charge in [-0.3, -0.25) is 4.79 Å². The summed E-state index contributed by atoms with van der Waals surface area (Å²) in [7, 11) is 4.48. The summed E-state index contributed by atoms with van der Waals surface area (Å²) < 4.78 is 20.3. The van der Waals surface area contributed by atoms with Gasteiger partial charge in [-0.1, -0.05) is 0 Å². The molecule has 1 aromatic rings. The SMILES string of the molecule is COCOc1c(C=O)ccc(OC)c1OC. The monoisotopic (exact) mass is 226 g/mol. The van der Waals surface area contributed by atoms with Crippen LogP contribution in [0.3, 0.4) is 0 Å². The average molecular weight is 226 g/mol. The lowest BCUT2D eigenvalue weighted by atomic mass is 10.2. The first kappa shape index (κ1) is 12.3. The first-order chi connectivity index (χ1) is 7.78. The number of hydrogen-bond acceptors (Lipinski definition) is 5. The van der Waals surface area contributed by atoms with E-state index in [2.05, 4.69) is 0 Å². The lowest BCUT2D eigenvalue weighted by Crippen LogP contribution is -2.04. The van der Waals surface area contributed by atoms with Crippen molar-refractivity contribution in [1.29, 1.82) is 0 Å². The van der Waals surface area contributed by atoms with Gasteiger partial charge in [-0.25, -0.2) is 0 Å². The zero-order valence-electron chi connectivity index (χ0n) is 9.48. The Balaban J connectivity index is 3.19. The number of carbonyl (C=O) groups excluding carboxylic acids is 1. The first-order valence-corrected chi connectivity index (χ1v) is 4.60. The minimum absolute atomic E-state index is 0.0321. The first-order valence-electron chi connectivity index (χ1n) is 4.60. The number of hydrogen-bond donors (Lipinski definition) is 0. The van der Waals surface area contributed by atoms with Gasteiger partial charge in [0.05, 0.1) is 19.8 Å². The average Bonchev–Trinajstić information content (AvgIpc) is 2.34. The zero-order chi connectivity index (χ0) is 12.0. The predicted octanol–water partition coefficient (Wildman–Crippen LogP) is 1.50. The molecule has 0 aromatic heterocycles. The molecule has 0 saturated heterocycles. The minimum Gasteiger partial charge on any atom is -0.493 e. The second-order valence-corrected chi connectivity index (χ2v) is 2.89. The number of ether oxygens (including phenoxy) is 4. The van der Waals surface area contributed by atoms with E-state index < -0.39 is 0 Å². The van der Waals surface area contributed by atoms with Gasteiger partial charge in [-0.15, -0.1) is 0 Å². The van der Waals surface area contributed by atoms with Crippen molar-refractivity contribution >= 4 is 6.29 Å². The lowest BCUT2D eigenvalue weighted by Gasteiger charge is -2.14. The van der Waals surface area contributed by atoms with Crippen LogP contribution < -0.4 is 14.2 Å². The molecule has 0 aliphatic rings. The third kappa shape index (κ3) is 2.43. The number of methoxy groups -OCH3 is 3. The molecule has 1 rings (SSSR count). The van der Waals surface area contributed by atoms with Gasteiger partial charge < -0.3 is 18.9 Å². The maximum atomic E-state index is 10.8. The van der Waals surface area contributed by atoms with Crippen molar-refractivity contribution in [2.45, 2.75) is 0 Å². The highest BCUT2D eigenvalue weighted by Gasteiger charge is 2.15. The van der Waals surface area contributed by atoms with E-state index in [1.54, 1.807) is 12.1 Å². The molecule has 88 valence electrons. The number of aldehydes is 1. The number of rotatable bonds is 6. The largest absolute Gasteiger partial charge is 0.493 e. The predicted molar refractivity (Wildman–Crippen MR) is 57.4 cm³/mol. The van der Waals surface area contributed by atoms with Gasteiger partial charge in [0.25, 0.3) is 0 Å². The molecule has 0 fully saturated rings. The second kappa shape index (κ2) is 5.97. The highest BCUT2D eigenvalue weighted by atomic mass is 16.7. The Morgan fingerprint density at radius 2 is 1.88 bits per heavy atom. The molecule has 0 aliphatic carbocycles. The topological polar surface area (TPSA) is 54.0 Å². The van der Waals surface area contributed by atoms with E-state index in [4.69, 9.17) is 18.9 Å². The molecule has 0 radical (unpaired) electrons. The fourth-order valence-corrected chi connectivity index (χ4v) is 1.27. The van der Waals surface area contributed by atoms with Gasteiger partial charge in [0.2, 0.25) is 5.75 Å². The normalized spacial score (nSPS) is 9.69. The van der Waals surface area contributed by atoms with Crippen molar-refractivity contribution in [3.8, 4) is 17.2 Å². The highest BCUT2D eigenvalue weighted by molar-refractivity contribution is 5.82. The van der Waals surface area contributed by atoms with Crippen LogP contribution in [0.1, 0.15) is 10.4 Å². The minimum atomic E-state index is 0.0321. The fraction of sp³-hybridized carbons (Fsp3) is 0.364. The Bertz CT molecular complexity index is 362. The maximum Gasteiger partial charge on any atom is 0.204 e. The molecule has 0 unspecified atom stereocenters. The molecule has 5 heteroatoms. The van der Waals surface area contributed by atoms with Crippen LogP contribution in [0.2, 0.25) is 0 Å².